The number of hydrogen-bond acceptors (Lipinski definition) is 2. The van der Waals surface area contributed by atoms with Crippen molar-refractivity contribution in [3.05, 3.63) is 34.6 Å². The van der Waals surface area contributed by atoms with E-state index in [2.05, 4.69) is 4.90 Å². The molecule has 1 amide bonds. The molecule has 0 saturated carbocycles. The van der Waals surface area contributed by atoms with Gasteiger partial charge in [0.25, 0.3) is 5.91 Å². The Morgan fingerprint density at radius 1 is 1.25 bits per heavy atom. The second-order valence-electron chi connectivity index (χ2n) is 5.53. The predicted molar refractivity (Wildman–Crippen MR) is 76.5 cm³/mol. The number of rotatable bonds is 2. The molecule has 5 heteroatoms. The van der Waals surface area contributed by atoms with Crippen molar-refractivity contribution in [3.8, 4) is 0 Å². The fourth-order valence-electron chi connectivity index (χ4n) is 3.19. The van der Waals surface area contributed by atoms with E-state index in [0.717, 1.165) is 19.5 Å². The Balaban J connectivity index is 1.72. The average molecular weight is 297 g/mol. The number of nitrogens with zero attached hydrogens (tertiary/aromatic N) is 2. The molecule has 2 fully saturated rings. The largest absolute Gasteiger partial charge is 0.337 e. The van der Waals surface area contributed by atoms with Crippen LogP contribution in [0.2, 0.25) is 5.02 Å². The van der Waals surface area contributed by atoms with E-state index in [1.807, 2.05) is 0 Å². The molecule has 2 saturated heterocycles. The van der Waals surface area contributed by atoms with Gasteiger partial charge in [0.1, 0.15) is 5.82 Å². The molecule has 108 valence electrons. The van der Waals surface area contributed by atoms with Crippen molar-refractivity contribution in [2.45, 2.75) is 25.3 Å². The number of amides is 1. The van der Waals surface area contributed by atoms with E-state index in [1.165, 1.54) is 25.0 Å². The maximum absolute atomic E-state index is 13.8. The average Bonchev–Trinajstić information content (AvgIpc) is 3.09. The van der Waals surface area contributed by atoms with Crippen LogP contribution >= 0.6 is 11.6 Å². The van der Waals surface area contributed by atoms with Crippen molar-refractivity contribution in [3.63, 3.8) is 0 Å². The van der Waals surface area contributed by atoms with Crippen LogP contribution in [0.1, 0.15) is 29.6 Å². The van der Waals surface area contributed by atoms with E-state index in [1.54, 1.807) is 11.0 Å². The molecular formula is C15H18ClFN2O. The van der Waals surface area contributed by atoms with Gasteiger partial charge in [0.2, 0.25) is 0 Å². The minimum absolute atomic E-state index is 0.0104. The van der Waals surface area contributed by atoms with Gasteiger partial charge in [-0.2, -0.15) is 0 Å². The van der Waals surface area contributed by atoms with Crippen molar-refractivity contribution in [1.82, 2.24) is 9.80 Å². The second kappa shape index (κ2) is 5.70. The summed E-state index contributed by atoms with van der Waals surface area (Å²) in [6.07, 6.45) is 3.45. The molecule has 3 rings (SSSR count). The first kappa shape index (κ1) is 13.8. The molecule has 0 bridgehead atoms. The Hall–Kier alpha value is -1.13. The van der Waals surface area contributed by atoms with E-state index in [9.17, 15) is 9.18 Å². The van der Waals surface area contributed by atoms with Crippen LogP contribution in [0.4, 0.5) is 4.39 Å². The Labute approximate surface area is 123 Å². The third-order valence-electron chi connectivity index (χ3n) is 4.28. The van der Waals surface area contributed by atoms with Crippen LogP contribution in [0.3, 0.4) is 0 Å². The van der Waals surface area contributed by atoms with Gasteiger partial charge < -0.3 is 4.90 Å². The van der Waals surface area contributed by atoms with Crippen LogP contribution in [0.5, 0.6) is 0 Å². The standard InChI is InChI=1S/C15H18ClFN2O/c16-12-4-3-5-13(17)14(12)15(20)19-9-6-11(10-19)18-7-1-2-8-18/h3-5,11H,1-2,6-10H2. The van der Waals surface area contributed by atoms with Gasteiger partial charge in [-0.25, -0.2) is 4.39 Å². The summed E-state index contributed by atoms with van der Waals surface area (Å²) in [5, 5.41) is 0.194. The van der Waals surface area contributed by atoms with Crippen LogP contribution in [-0.4, -0.2) is 47.9 Å². The first-order chi connectivity index (χ1) is 9.66. The monoisotopic (exact) mass is 296 g/mol. The highest BCUT2D eigenvalue weighted by Gasteiger charge is 2.33. The van der Waals surface area contributed by atoms with Crippen LogP contribution in [0, 0.1) is 5.82 Å². The van der Waals surface area contributed by atoms with Crippen LogP contribution in [0.25, 0.3) is 0 Å². The number of benzene rings is 1. The summed E-state index contributed by atoms with van der Waals surface area (Å²) < 4.78 is 13.8. The number of halogens is 2. The number of hydrogen-bond donors (Lipinski definition) is 0. The van der Waals surface area contributed by atoms with Gasteiger partial charge in [-0.05, 0) is 44.5 Å². The third-order valence-corrected chi connectivity index (χ3v) is 4.60. The summed E-state index contributed by atoms with van der Waals surface area (Å²) in [5.41, 5.74) is 0.0104. The van der Waals surface area contributed by atoms with Gasteiger partial charge in [-0.3, -0.25) is 9.69 Å². The number of carbonyl (C=O) groups excluding carboxylic acids is 1. The smallest absolute Gasteiger partial charge is 0.258 e. The lowest BCUT2D eigenvalue weighted by molar-refractivity contribution is 0.0775. The van der Waals surface area contributed by atoms with Gasteiger partial charge in [-0.15, -0.1) is 0 Å². The molecule has 0 aliphatic carbocycles. The minimum Gasteiger partial charge on any atom is -0.337 e. The van der Waals surface area contributed by atoms with Crippen molar-refractivity contribution in [1.29, 1.82) is 0 Å². The summed E-state index contributed by atoms with van der Waals surface area (Å²) >= 11 is 5.97. The summed E-state index contributed by atoms with van der Waals surface area (Å²) in [4.78, 5) is 16.6. The molecule has 1 atom stereocenters. The molecule has 0 radical (unpaired) electrons. The van der Waals surface area contributed by atoms with Crippen molar-refractivity contribution in [2.24, 2.45) is 0 Å². The van der Waals surface area contributed by atoms with Gasteiger partial charge in [-0.1, -0.05) is 17.7 Å². The zero-order valence-electron chi connectivity index (χ0n) is 11.3. The summed E-state index contributed by atoms with van der Waals surface area (Å²) in [6, 6.07) is 4.79. The van der Waals surface area contributed by atoms with Crippen LogP contribution in [0.15, 0.2) is 18.2 Å². The normalized spacial score (nSPS) is 23.5. The number of carbonyl (C=O) groups is 1. The molecule has 2 aliphatic heterocycles. The highest BCUT2D eigenvalue weighted by Crippen LogP contribution is 2.25. The maximum Gasteiger partial charge on any atom is 0.258 e. The van der Waals surface area contributed by atoms with Gasteiger partial charge in [0.15, 0.2) is 0 Å². The Bertz CT molecular complexity index is 496. The van der Waals surface area contributed by atoms with Gasteiger partial charge >= 0.3 is 0 Å². The van der Waals surface area contributed by atoms with Crippen molar-refractivity contribution >= 4 is 17.5 Å². The molecule has 0 aromatic heterocycles. The lowest BCUT2D eigenvalue weighted by atomic mass is 10.2. The lowest BCUT2D eigenvalue weighted by Crippen LogP contribution is -2.37. The third kappa shape index (κ3) is 2.54. The van der Waals surface area contributed by atoms with E-state index >= 15 is 0 Å². The minimum atomic E-state index is -0.535. The van der Waals surface area contributed by atoms with Gasteiger partial charge in [0.05, 0.1) is 10.6 Å². The van der Waals surface area contributed by atoms with E-state index < -0.39 is 5.82 Å². The summed E-state index contributed by atoms with van der Waals surface area (Å²) in [7, 11) is 0. The highest BCUT2D eigenvalue weighted by atomic mass is 35.5. The summed E-state index contributed by atoms with van der Waals surface area (Å²) in [6.45, 7) is 3.61. The summed E-state index contributed by atoms with van der Waals surface area (Å²) in [5.74, 6) is -0.818. The zero-order valence-corrected chi connectivity index (χ0v) is 12.1. The predicted octanol–water partition coefficient (Wildman–Crippen LogP) is 2.79. The molecule has 3 nitrogen and oxygen atoms in total. The molecule has 2 aliphatic rings. The molecule has 2 heterocycles. The Morgan fingerprint density at radius 3 is 2.70 bits per heavy atom. The Kier molecular flexibility index (Phi) is 3.94. The molecule has 0 spiro atoms. The van der Waals surface area contributed by atoms with Crippen molar-refractivity contribution in [2.75, 3.05) is 26.2 Å². The maximum atomic E-state index is 13.8. The first-order valence-electron chi connectivity index (χ1n) is 7.14. The topological polar surface area (TPSA) is 23.6 Å². The van der Waals surface area contributed by atoms with Crippen LogP contribution in [-0.2, 0) is 0 Å². The first-order valence-corrected chi connectivity index (χ1v) is 7.52. The molecule has 1 aromatic carbocycles. The zero-order chi connectivity index (χ0) is 14.1. The molecule has 1 unspecified atom stereocenters. The number of likely N-dealkylation sites (tertiary alicyclic amines) is 2. The fraction of sp³-hybridized carbons (Fsp3) is 0.533. The molecule has 1 aromatic rings. The highest BCUT2D eigenvalue weighted by molar-refractivity contribution is 6.33. The molecule has 0 N–H and O–H groups in total. The van der Waals surface area contributed by atoms with E-state index in [4.69, 9.17) is 11.6 Å². The van der Waals surface area contributed by atoms with Crippen molar-refractivity contribution < 1.29 is 9.18 Å². The van der Waals surface area contributed by atoms with E-state index in [0.29, 0.717) is 19.1 Å². The lowest BCUT2D eigenvalue weighted by Gasteiger charge is -2.23. The molecule has 20 heavy (non-hydrogen) atoms. The van der Waals surface area contributed by atoms with E-state index in [-0.39, 0.29) is 16.5 Å². The quantitative estimate of drug-likeness (QED) is 0.838. The molecular weight excluding hydrogens is 279 g/mol. The van der Waals surface area contributed by atoms with Gasteiger partial charge in [0, 0.05) is 19.1 Å². The second-order valence-corrected chi connectivity index (χ2v) is 5.94. The fourth-order valence-corrected chi connectivity index (χ4v) is 3.44. The SMILES string of the molecule is O=C(c1c(F)cccc1Cl)N1CCC(N2CCCC2)C1. The van der Waals surface area contributed by atoms with Crippen LogP contribution < -0.4 is 0 Å². The Morgan fingerprint density at radius 2 is 2.00 bits per heavy atom.